The molecule has 0 aromatic heterocycles. The van der Waals surface area contributed by atoms with E-state index in [0.29, 0.717) is 17.4 Å². The van der Waals surface area contributed by atoms with E-state index in [1.807, 2.05) is 5.48 Å². The van der Waals surface area contributed by atoms with Gasteiger partial charge in [0.25, 0.3) is 0 Å². The van der Waals surface area contributed by atoms with Crippen molar-refractivity contribution in [1.29, 1.82) is 0 Å². The molecule has 1 aromatic rings. The summed E-state index contributed by atoms with van der Waals surface area (Å²) in [4.78, 5) is 11.4. The lowest BCUT2D eigenvalue weighted by Crippen LogP contribution is -2.30. The van der Waals surface area contributed by atoms with E-state index in [1.165, 1.54) is 0 Å². The lowest BCUT2D eigenvalue weighted by atomic mass is 10.3. The van der Waals surface area contributed by atoms with Crippen LogP contribution in [-0.2, 0) is 0 Å². The zero-order chi connectivity index (χ0) is 10.7. The fourth-order valence-electron chi connectivity index (χ4n) is 1.25. The molecule has 1 aliphatic carbocycles. The van der Waals surface area contributed by atoms with E-state index in [1.54, 1.807) is 24.3 Å². The van der Waals surface area contributed by atoms with Gasteiger partial charge < -0.3 is 10.6 Å². The van der Waals surface area contributed by atoms with Crippen LogP contribution in [0.25, 0.3) is 0 Å². The van der Waals surface area contributed by atoms with Gasteiger partial charge in [0.2, 0.25) is 0 Å². The molecule has 0 spiro atoms. The number of carbonyl (C=O) groups is 1. The van der Waals surface area contributed by atoms with Gasteiger partial charge in [0.1, 0.15) is 0 Å². The molecule has 0 heterocycles. The number of anilines is 2. The summed E-state index contributed by atoms with van der Waals surface area (Å²) in [5.41, 5.74) is 3.21. The number of hydrogen-bond acceptors (Lipinski definition) is 3. The van der Waals surface area contributed by atoms with Crippen LogP contribution in [0.4, 0.5) is 16.2 Å². The lowest BCUT2D eigenvalue weighted by Gasteiger charge is -2.07. The van der Waals surface area contributed by atoms with E-state index in [9.17, 15) is 4.79 Å². The molecule has 1 aliphatic rings. The summed E-state index contributed by atoms with van der Waals surface area (Å²) in [6, 6.07) is 6.98. The van der Waals surface area contributed by atoms with Crippen LogP contribution in [0.5, 0.6) is 0 Å². The molecule has 1 fully saturated rings. The summed E-state index contributed by atoms with van der Waals surface area (Å²) < 4.78 is 0. The van der Waals surface area contributed by atoms with E-state index in [-0.39, 0.29) is 6.03 Å². The first-order valence-corrected chi connectivity index (χ1v) is 4.85. The number of amides is 2. The van der Waals surface area contributed by atoms with Crippen LogP contribution in [-0.4, -0.2) is 17.3 Å². The molecule has 15 heavy (non-hydrogen) atoms. The number of nitrogens with one attached hydrogen (secondary N) is 3. The highest BCUT2D eigenvalue weighted by Crippen LogP contribution is 2.19. The van der Waals surface area contributed by atoms with Crippen LogP contribution >= 0.6 is 0 Å². The predicted octanol–water partition coefficient (Wildman–Crippen LogP) is 1.77. The van der Waals surface area contributed by atoms with Crippen molar-refractivity contribution in [2.24, 2.45) is 0 Å². The van der Waals surface area contributed by atoms with Crippen molar-refractivity contribution in [3.8, 4) is 0 Å². The first-order chi connectivity index (χ1) is 7.28. The van der Waals surface area contributed by atoms with Gasteiger partial charge in [0.15, 0.2) is 0 Å². The SMILES string of the molecule is O=C(Nc1cccc(NO)c1)NC1CC1. The van der Waals surface area contributed by atoms with Crippen molar-refractivity contribution in [3.63, 3.8) is 0 Å². The van der Waals surface area contributed by atoms with Gasteiger partial charge in [-0.2, -0.15) is 0 Å². The third-order valence-corrected chi connectivity index (χ3v) is 2.16. The average molecular weight is 207 g/mol. The fraction of sp³-hybridized carbons (Fsp3) is 0.300. The van der Waals surface area contributed by atoms with E-state index < -0.39 is 0 Å². The Bertz CT molecular complexity index is 363. The Kier molecular flexibility index (Phi) is 2.73. The van der Waals surface area contributed by atoms with Crippen molar-refractivity contribution in [1.82, 2.24) is 5.32 Å². The third-order valence-electron chi connectivity index (χ3n) is 2.16. The molecule has 0 saturated heterocycles. The van der Waals surface area contributed by atoms with Crippen molar-refractivity contribution >= 4 is 17.4 Å². The van der Waals surface area contributed by atoms with Gasteiger partial charge in [0.05, 0.1) is 5.69 Å². The van der Waals surface area contributed by atoms with Gasteiger partial charge in [-0.3, -0.25) is 10.7 Å². The van der Waals surface area contributed by atoms with Gasteiger partial charge in [0, 0.05) is 11.7 Å². The maximum Gasteiger partial charge on any atom is 0.319 e. The average Bonchev–Trinajstić information content (AvgIpc) is 3.02. The zero-order valence-electron chi connectivity index (χ0n) is 8.16. The van der Waals surface area contributed by atoms with Gasteiger partial charge in [-0.05, 0) is 31.0 Å². The molecule has 4 N–H and O–H groups in total. The molecule has 1 aromatic carbocycles. The van der Waals surface area contributed by atoms with Crippen LogP contribution < -0.4 is 16.1 Å². The minimum absolute atomic E-state index is 0.201. The molecule has 0 bridgehead atoms. The molecule has 5 heteroatoms. The summed E-state index contributed by atoms with van der Waals surface area (Å²) in [5, 5.41) is 14.2. The van der Waals surface area contributed by atoms with Gasteiger partial charge >= 0.3 is 6.03 Å². The van der Waals surface area contributed by atoms with Crippen LogP contribution in [0.1, 0.15) is 12.8 Å². The van der Waals surface area contributed by atoms with Crippen molar-refractivity contribution in [2.45, 2.75) is 18.9 Å². The Balaban J connectivity index is 1.93. The Morgan fingerprint density at radius 2 is 2.07 bits per heavy atom. The van der Waals surface area contributed by atoms with Crippen molar-refractivity contribution < 1.29 is 10.0 Å². The predicted molar refractivity (Wildman–Crippen MR) is 57.0 cm³/mol. The highest BCUT2D eigenvalue weighted by molar-refractivity contribution is 5.90. The minimum atomic E-state index is -0.201. The van der Waals surface area contributed by atoms with Crippen molar-refractivity contribution in [3.05, 3.63) is 24.3 Å². The molecular formula is C10H13N3O2. The zero-order valence-corrected chi connectivity index (χ0v) is 8.16. The number of hydrogen-bond donors (Lipinski definition) is 4. The number of rotatable bonds is 3. The topological polar surface area (TPSA) is 73.4 Å². The molecule has 2 amide bonds. The smallest absolute Gasteiger partial charge is 0.319 e. The third kappa shape index (κ3) is 2.85. The second-order valence-electron chi connectivity index (χ2n) is 3.57. The van der Waals surface area contributed by atoms with Crippen LogP contribution in [0.2, 0.25) is 0 Å². The summed E-state index contributed by atoms with van der Waals surface area (Å²) in [7, 11) is 0. The van der Waals surface area contributed by atoms with Crippen LogP contribution in [0.15, 0.2) is 24.3 Å². The molecular weight excluding hydrogens is 194 g/mol. The van der Waals surface area contributed by atoms with E-state index in [4.69, 9.17) is 5.21 Å². The first-order valence-electron chi connectivity index (χ1n) is 4.85. The highest BCUT2D eigenvalue weighted by Gasteiger charge is 2.23. The molecule has 0 aliphatic heterocycles. The summed E-state index contributed by atoms with van der Waals surface area (Å²) in [6.07, 6.45) is 2.12. The second-order valence-corrected chi connectivity index (χ2v) is 3.57. The molecule has 0 unspecified atom stereocenters. The highest BCUT2D eigenvalue weighted by atomic mass is 16.5. The quantitative estimate of drug-likeness (QED) is 0.571. The van der Waals surface area contributed by atoms with Crippen molar-refractivity contribution in [2.75, 3.05) is 10.8 Å². The molecule has 2 rings (SSSR count). The molecule has 0 radical (unpaired) electrons. The van der Waals surface area contributed by atoms with Crippen LogP contribution in [0.3, 0.4) is 0 Å². The number of urea groups is 1. The first kappa shape index (κ1) is 9.79. The van der Waals surface area contributed by atoms with Crippen LogP contribution in [0, 0.1) is 0 Å². The maximum absolute atomic E-state index is 11.4. The van der Waals surface area contributed by atoms with E-state index in [2.05, 4.69) is 10.6 Å². The summed E-state index contributed by atoms with van der Waals surface area (Å²) in [5.74, 6) is 0. The van der Waals surface area contributed by atoms with Gasteiger partial charge in [-0.25, -0.2) is 4.79 Å². The van der Waals surface area contributed by atoms with Gasteiger partial charge in [-0.15, -0.1) is 0 Å². The van der Waals surface area contributed by atoms with Gasteiger partial charge in [-0.1, -0.05) is 6.07 Å². The summed E-state index contributed by atoms with van der Waals surface area (Å²) >= 11 is 0. The number of benzene rings is 1. The largest absolute Gasteiger partial charge is 0.335 e. The minimum Gasteiger partial charge on any atom is -0.335 e. The molecule has 0 atom stereocenters. The molecule has 5 nitrogen and oxygen atoms in total. The maximum atomic E-state index is 11.4. The summed E-state index contributed by atoms with van der Waals surface area (Å²) in [6.45, 7) is 0. The Labute approximate surface area is 87.4 Å². The monoisotopic (exact) mass is 207 g/mol. The normalized spacial score (nSPS) is 14.5. The van der Waals surface area contributed by atoms with E-state index in [0.717, 1.165) is 12.8 Å². The molecule has 1 saturated carbocycles. The standard InChI is InChI=1S/C10H13N3O2/c14-10(11-7-4-5-7)12-8-2-1-3-9(6-8)13-15/h1-3,6-7,13,15H,4-5H2,(H2,11,12,14). The second kappa shape index (κ2) is 4.18. The lowest BCUT2D eigenvalue weighted by molar-refractivity contribution is 0.251. The Morgan fingerprint density at radius 3 is 2.73 bits per heavy atom. The Morgan fingerprint density at radius 1 is 1.33 bits per heavy atom. The fourth-order valence-corrected chi connectivity index (χ4v) is 1.25. The Hall–Kier alpha value is -1.75. The number of carbonyl (C=O) groups excluding carboxylic acids is 1. The van der Waals surface area contributed by atoms with E-state index >= 15 is 0 Å². The molecule has 80 valence electrons.